The monoisotopic (exact) mass is 419 g/mol. The van der Waals surface area contributed by atoms with E-state index in [0.717, 1.165) is 36.8 Å². The number of hydrogen-bond acceptors (Lipinski definition) is 6. The van der Waals surface area contributed by atoms with Crippen molar-refractivity contribution in [1.82, 2.24) is 25.0 Å². The number of carbonyl (C=O) groups excluding carboxylic acids is 2. The number of aryl methyl sites for hydroxylation is 1. The maximum atomic E-state index is 12.6. The maximum absolute atomic E-state index is 12.6. The van der Waals surface area contributed by atoms with Crippen LogP contribution in [0.4, 0.5) is 0 Å². The van der Waals surface area contributed by atoms with Crippen molar-refractivity contribution < 1.29 is 14.0 Å². The van der Waals surface area contributed by atoms with Crippen LogP contribution in [0.15, 0.2) is 28.0 Å². The van der Waals surface area contributed by atoms with Crippen molar-refractivity contribution in [3.05, 3.63) is 30.0 Å². The van der Waals surface area contributed by atoms with E-state index in [1.807, 2.05) is 6.26 Å². The van der Waals surface area contributed by atoms with Crippen molar-refractivity contribution in [1.29, 1.82) is 0 Å². The van der Waals surface area contributed by atoms with Gasteiger partial charge in [0, 0.05) is 26.1 Å². The summed E-state index contributed by atoms with van der Waals surface area (Å²) in [5, 5.41) is 12.5. The third kappa shape index (κ3) is 5.20. The van der Waals surface area contributed by atoms with Crippen molar-refractivity contribution >= 4 is 23.6 Å². The van der Waals surface area contributed by atoms with Crippen LogP contribution in [0, 0.1) is 5.92 Å². The molecule has 1 atom stereocenters. The lowest BCUT2D eigenvalue weighted by Crippen LogP contribution is -2.46. The normalized spacial score (nSPS) is 16.6. The van der Waals surface area contributed by atoms with Gasteiger partial charge >= 0.3 is 0 Å². The molecule has 0 saturated carbocycles. The number of aromatic nitrogens is 3. The Hall–Kier alpha value is -2.29. The van der Waals surface area contributed by atoms with E-state index in [0.29, 0.717) is 25.4 Å². The molecule has 2 amide bonds. The molecule has 1 aliphatic rings. The number of amides is 2. The van der Waals surface area contributed by atoms with Gasteiger partial charge in [-0.3, -0.25) is 9.59 Å². The fraction of sp³-hybridized carbons (Fsp3) is 0.600. The van der Waals surface area contributed by atoms with Crippen LogP contribution in [0.25, 0.3) is 0 Å². The molecule has 2 aromatic rings. The second-order valence-corrected chi connectivity index (χ2v) is 8.41. The van der Waals surface area contributed by atoms with Crippen molar-refractivity contribution in [2.45, 2.75) is 57.3 Å². The van der Waals surface area contributed by atoms with E-state index in [4.69, 9.17) is 4.42 Å². The molecule has 0 aromatic carbocycles. The molecule has 3 rings (SSSR count). The third-order valence-corrected chi connectivity index (χ3v) is 5.62. The Morgan fingerprint density at radius 2 is 2.21 bits per heavy atom. The summed E-state index contributed by atoms with van der Waals surface area (Å²) < 4.78 is 7.36. The molecule has 1 N–H and O–H groups in total. The zero-order valence-electron chi connectivity index (χ0n) is 17.3. The van der Waals surface area contributed by atoms with Crippen molar-refractivity contribution in [3.8, 4) is 0 Å². The molecular weight excluding hydrogens is 390 g/mol. The van der Waals surface area contributed by atoms with E-state index >= 15 is 0 Å². The molecule has 158 valence electrons. The highest BCUT2D eigenvalue weighted by Gasteiger charge is 2.35. The second-order valence-electron chi connectivity index (χ2n) is 7.64. The molecule has 0 spiro atoms. The van der Waals surface area contributed by atoms with E-state index in [9.17, 15) is 9.59 Å². The van der Waals surface area contributed by atoms with Crippen molar-refractivity contribution in [3.63, 3.8) is 0 Å². The number of hydrogen-bond donors (Lipinski definition) is 1. The Morgan fingerprint density at radius 1 is 1.38 bits per heavy atom. The largest absolute Gasteiger partial charge is 0.459 e. The lowest BCUT2D eigenvalue weighted by atomic mass is 10.2. The third-order valence-electron chi connectivity index (χ3n) is 4.95. The molecule has 1 unspecified atom stereocenters. The van der Waals surface area contributed by atoms with Crippen LogP contribution >= 0.6 is 11.8 Å². The molecule has 1 saturated heterocycles. The van der Waals surface area contributed by atoms with E-state index < -0.39 is 6.04 Å². The van der Waals surface area contributed by atoms with Gasteiger partial charge in [-0.05, 0) is 43.6 Å². The highest BCUT2D eigenvalue weighted by atomic mass is 32.2. The van der Waals surface area contributed by atoms with Crippen LogP contribution in [0.3, 0.4) is 0 Å². The van der Waals surface area contributed by atoms with Crippen molar-refractivity contribution in [2.75, 3.05) is 19.3 Å². The summed E-state index contributed by atoms with van der Waals surface area (Å²) >= 11 is 1.60. The summed E-state index contributed by atoms with van der Waals surface area (Å²) in [6, 6.07) is 2.88. The minimum absolute atomic E-state index is 0.101. The van der Waals surface area contributed by atoms with Crippen LogP contribution in [0.2, 0.25) is 0 Å². The quantitative estimate of drug-likeness (QED) is 0.496. The fourth-order valence-corrected chi connectivity index (χ4v) is 4.13. The Labute approximate surface area is 175 Å². The molecule has 2 aromatic heterocycles. The van der Waals surface area contributed by atoms with Crippen LogP contribution < -0.4 is 5.32 Å². The van der Waals surface area contributed by atoms with Gasteiger partial charge in [0.15, 0.2) is 10.9 Å². The molecule has 0 aliphatic carbocycles. The van der Waals surface area contributed by atoms with Gasteiger partial charge in [0.25, 0.3) is 5.91 Å². The Bertz CT molecular complexity index is 818. The van der Waals surface area contributed by atoms with E-state index in [-0.39, 0.29) is 17.6 Å². The van der Waals surface area contributed by atoms with E-state index in [1.54, 1.807) is 28.8 Å². The minimum atomic E-state index is -0.430. The van der Waals surface area contributed by atoms with E-state index in [1.165, 1.54) is 6.26 Å². The van der Waals surface area contributed by atoms with E-state index in [2.05, 4.69) is 33.9 Å². The molecule has 3 heterocycles. The first-order chi connectivity index (χ1) is 14.0. The summed E-state index contributed by atoms with van der Waals surface area (Å²) in [6.45, 7) is 6.35. The lowest BCUT2D eigenvalue weighted by molar-refractivity contribution is -0.124. The zero-order valence-corrected chi connectivity index (χ0v) is 18.1. The molecule has 1 fully saturated rings. The molecule has 0 radical (unpaired) electrons. The molecule has 9 heteroatoms. The Morgan fingerprint density at radius 3 is 2.90 bits per heavy atom. The number of rotatable bonds is 9. The van der Waals surface area contributed by atoms with Crippen LogP contribution in [-0.2, 0) is 17.8 Å². The summed E-state index contributed by atoms with van der Waals surface area (Å²) in [6.07, 6.45) is 6.49. The smallest absolute Gasteiger partial charge is 0.290 e. The van der Waals surface area contributed by atoms with Gasteiger partial charge in [-0.25, -0.2) is 0 Å². The summed E-state index contributed by atoms with van der Waals surface area (Å²) in [5.74, 6) is 1.41. The number of nitrogens with zero attached hydrogens (tertiary/aromatic N) is 4. The van der Waals surface area contributed by atoms with Gasteiger partial charge in [-0.1, -0.05) is 25.6 Å². The summed E-state index contributed by atoms with van der Waals surface area (Å²) in [4.78, 5) is 26.8. The summed E-state index contributed by atoms with van der Waals surface area (Å²) in [5.41, 5.74) is 0. The number of nitrogens with one attached hydrogen (secondary N) is 1. The average molecular weight is 420 g/mol. The Kier molecular flexibility index (Phi) is 7.35. The highest BCUT2D eigenvalue weighted by molar-refractivity contribution is 7.98. The SMILES string of the molecule is CSc1nnc(CCCNC(=O)C2CCCN2C(=O)c2ccco2)n1CC(C)C. The lowest BCUT2D eigenvalue weighted by Gasteiger charge is -2.23. The first-order valence-corrected chi connectivity index (χ1v) is 11.3. The van der Waals surface area contributed by atoms with Crippen LogP contribution in [-0.4, -0.2) is 56.9 Å². The zero-order chi connectivity index (χ0) is 20.8. The standard InChI is InChI=1S/C20H29N5O3S/c1-14(2)13-25-17(22-23-20(25)29-3)9-4-10-21-18(26)15-7-5-11-24(15)19(27)16-8-6-12-28-16/h6,8,12,14-15H,4-5,7,9-11,13H2,1-3H3,(H,21,26). The van der Waals surface area contributed by atoms with Gasteiger partial charge in [0.1, 0.15) is 11.9 Å². The number of likely N-dealkylation sites (tertiary alicyclic amines) is 1. The second kappa shape index (κ2) is 9.96. The molecule has 0 bridgehead atoms. The number of furan rings is 1. The maximum Gasteiger partial charge on any atom is 0.290 e. The first-order valence-electron chi connectivity index (χ1n) is 10.1. The van der Waals surface area contributed by atoms with Gasteiger partial charge in [0.2, 0.25) is 5.91 Å². The highest BCUT2D eigenvalue weighted by Crippen LogP contribution is 2.21. The molecular formula is C20H29N5O3S. The predicted molar refractivity (Wildman–Crippen MR) is 111 cm³/mol. The topological polar surface area (TPSA) is 93.3 Å². The molecule has 1 aliphatic heterocycles. The van der Waals surface area contributed by atoms with Gasteiger partial charge in [-0.15, -0.1) is 10.2 Å². The average Bonchev–Trinajstić information content (AvgIpc) is 3.45. The predicted octanol–water partition coefficient (Wildman–Crippen LogP) is 2.60. The van der Waals surface area contributed by atoms with Gasteiger partial charge in [-0.2, -0.15) is 0 Å². The van der Waals surface area contributed by atoms with Crippen LogP contribution in [0.5, 0.6) is 0 Å². The van der Waals surface area contributed by atoms with Crippen LogP contribution in [0.1, 0.15) is 49.5 Å². The fourth-order valence-electron chi connectivity index (χ4n) is 3.60. The first kappa shape index (κ1) is 21.4. The number of thioether (sulfide) groups is 1. The van der Waals surface area contributed by atoms with Crippen molar-refractivity contribution in [2.24, 2.45) is 5.92 Å². The van der Waals surface area contributed by atoms with Gasteiger partial charge in [0.05, 0.1) is 6.26 Å². The molecule has 29 heavy (non-hydrogen) atoms. The molecule has 8 nitrogen and oxygen atoms in total. The Balaban J connectivity index is 1.50. The van der Waals surface area contributed by atoms with Gasteiger partial charge < -0.3 is 19.2 Å². The summed E-state index contributed by atoms with van der Waals surface area (Å²) in [7, 11) is 0. The number of carbonyl (C=O) groups is 2. The minimum Gasteiger partial charge on any atom is -0.459 e.